The molecule has 1 spiro atoms. The first kappa shape index (κ1) is 9.42. The summed E-state index contributed by atoms with van der Waals surface area (Å²) in [5.74, 6) is -0.312. The van der Waals surface area contributed by atoms with E-state index in [4.69, 9.17) is 9.84 Å². The molecule has 2 aliphatic heterocycles. The molecule has 2 saturated heterocycles. The molecule has 0 aromatic carbocycles. The largest absolute Gasteiger partial charge is 0.395 e. The summed E-state index contributed by atoms with van der Waals surface area (Å²) in [5.41, 5.74) is -0.861. The average Bonchev–Trinajstić information content (AvgIpc) is 2.70. The molecule has 6 nitrogen and oxygen atoms in total. The number of hydrogen-bond donors (Lipinski definition) is 2. The van der Waals surface area contributed by atoms with Gasteiger partial charge in [0.05, 0.1) is 13.2 Å². The van der Waals surface area contributed by atoms with Crippen LogP contribution in [-0.2, 0) is 9.53 Å². The predicted octanol–water partition coefficient (Wildman–Crippen LogP) is -1.31. The van der Waals surface area contributed by atoms with E-state index >= 15 is 0 Å². The first-order valence-electron chi connectivity index (χ1n) is 4.52. The number of aliphatic hydroxyl groups excluding tert-OH is 1. The highest BCUT2D eigenvalue weighted by atomic mass is 16.5. The standard InChI is InChI=1S/C8H12N2O4/c11-3-2-10-7(13)9-6(12)8(10)1-4-14-5-8/h11H,1-5H2,(H,9,12,13). The Balaban J connectivity index is 2.26. The minimum atomic E-state index is -0.861. The average molecular weight is 200 g/mol. The molecule has 0 bridgehead atoms. The van der Waals surface area contributed by atoms with Crippen LogP contribution < -0.4 is 5.32 Å². The van der Waals surface area contributed by atoms with Gasteiger partial charge in [0, 0.05) is 19.6 Å². The van der Waals surface area contributed by atoms with E-state index < -0.39 is 11.6 Å². The van der Waals surface area contributed by atoms with Crippen molar-refractivity contribution in [1.29, 1.82) is 0 Å². The van der Waals surface area contributed by atoms with Gasteiger partial charge in [-0.2, -0.15) is 0 Å². The number of aliphatic hydroxyl groups is 1. The van der Waals surface area contributed by atoms with Crippen molar-refractivity contribution in [3.8, 4) is 0 Å². The van der Waals surface area contributed by atoms with Crippen molar-refractivity contribution in [3.05, 3.63) is 0 Å². The molecular formula is C8H12N2O4. The van der Waals surface area contributed by atoms with Gasteiger partial charge >= 0.3 is 6.03 Å². The molecule has 0 radical (unpaired) electrons. The van der Waals surface area contributed by atoms with Gasteiger partial charge in [-0.1, -0.05) is 0 Å². The van der Waals surface area contributed by atoms with E-state index in [0.717, 1.165) is 0 Å². The summed E-state index contributed by atoms with van der Waals surface area (Å²) in [6.45, 7) is 0.719. The van der Waals surface area contributed by atoms with Crippen LogP contribution in [0, 0.1) is 0 Å². The number of rotatable bonds is 2. The van der Waals surface area contributed by atoms with E-state index in [1.165, 1.54) is 4.90 Å². The summed E-state index contributed by atoms with van der Waals surface area (Å²) in [5, 5.41) is 11.0. The monoisotopic (exact) mass is 200 g/mol. The van der Waals surface area contributed by atoms with Crippen LogP contribution in [0.3, 0.4) is 0 Å². The molecule has 2 heterocycles. The molecule has 3 amide bonds. The number of ether oxygens (including phenoxy) is 1. The van der Waals surface area contributed by atoms with Gasteiger partial charge in [-0.3, -0.25) is 10.1 Å². The van der Waals surface area contributed by atoms with Gasteiger partial charge in [0.25, 0.3) is 5.91 Å². The van der Waals surface area contributed by atoms with Crippen molar-refractivity contribution >= 4 is 11.9 Å². The highest BCUT2D eigenvalue weighted by Gasteiger charge is 2.54. The zero-order valence-corrected chi connectivity index (χ0v) is 7.65. The predicted molar refractivity (Wildman–Crippen MR) is 45.5 cm³/mol. The van der Waals surface area contributed by atoms with Crippen LogP contribution >= 0.6 is 0 Å². The lowest BCUT2D eigenvalue weighted by molar-refractivity contribution is -0.126. The number of β-amino-alcohol motifs (C(OH)–C–C–N with tert-alkyl or cyclic N) is 1. The number of urea groups is 1. The van der Waals surface area contributed by atoms with Crippen molar-refractivity contribution in [3.63, 3.8) is 0 Å². The fourth-order valence-electron chi connectivity index (χ4n) is 1.96. The van der Waals surface area contributed by atoms with Crippen LogP contribution in [0.2, 0.25) is 0 Å². The Kier molecular flexibility index (Phi) is 2.16. The second-order valence-electron chi connectivity index (χ2n) is 3.47. The van der Waals surface area contributed by atoms with E-state index in [9.17, 15) is 9.59 Å². The van der Waals surface area contributed by atoms with Gasteiger partial charge in [0.15, 0.2) is 0 Å². The Morgan fingerprint density at radius 3 is 2.93 bits per heavy atom. The fourth-order valence-corrected chi connectivity index (χ4v) is 1.96. The number of nitrogens with one attached hydrogen (secondary N) is 1. The summed E-state index contributed by atoms with van der Waals surface area (Å²) in [6.07, 6.45) is 0.505. The topological polar surface area (TPSA) is 78.9 Å². The van der Waals surface area contributed by atoms with Crippen LogP contribution in [0.5, 0.6) is 0 Å². The van der Waals surface area contributed by atoms with Gasteiger partial charge in [-0.15, -0.1) is 0 Å². The number of amides is 3. The first-order chi connectivity index (χ1) is 6.70. The molecule has 1 atom stereocenters. The van der Waals surface area contributed by atoms with Gasteiger partial charge in [0.1, 0.15) is 5.54 Å². The molecule has 0 aromatic rings. The minimum Gasteiger partial charge on any atom is -0.395 e. The molecule has 0 aromatic heterocycles. The maximum Gasteiger partial charge on any atom is 0.325 e. The Morgan fingerprint density at radius 2 is 2.36 bits per heavy atom. The minimum absolute atomic E-state index is 0.150. The molecule has 14 heavy (non-hydrogen) atoms. The molecule has 6 heteroatoms. The van der Waals surface area contributed by atoms with Crippen LogP contribution in [0.4, 0.5) is 4.79 Å². The van der Waals surface area contributed by atoms with Crippen molar-refractivity contribution in [2.24, 2.45) is 0 Å². The number of carbonyl (C=O) groups excluding carboxylic acids is 2. The molecule has 2 N–H and O–H groups in total. The van der Waals surface area contributed by atoms with Crippen molar-refractivity contribution in [2.45, 2.75) is 12.0 Å². The number of nitrogens with zero attached hydrogens (tertiary/aromatic N) is 1. The van der Waals surface area contributed by atoms with Gasteiger partial charge < -0.3 is 14.7 Å². The SMILES string of the molecule is O=C1NC(=O)C2(CCOC2)N1CCO. The molecule has 2 aliphatic rings. The van der Waals surface area contributed by atoms with E-state index in [1.807, 2.05) is 0 Å². The van der Waals surface area contributed by atoms with E-state index in [2.05, 4.69) is 5.32 Å². The van der Waals surface area contributed by atoms with Crippen LogP contribution in [0.15, 0.2) is 0 Å². The normalized spacial score (nSPS) is 31.6. The number of imide groups is 1. The summed E-state index contributed by atoms with van der Waals surface area (Å²) in [7, 11) is 0. The van der Waals surface area contributed by atoms with Gasteiger partial charge in [0.2, 0.25) is 0 Å². The summed E-state index contributed by atoms with van der Waals surface area (Å²) in [4.78, 5) is 24.3. The Bertz CT molecular complexity index is 273. The summed E-state index contributed by atoms with van der Waals surface area (Å²) in [6, 6.07) is -0.436. The number of carbonyl (C=O) groups is 2. The van der Waals surface area contributed by atoms with Crippen molar-refractivity contribution < 1.29 is 19.4 Å². The summed E-state index contributed by atoms with van der Waals surface area (Å²) < 4.78 is 5.14. The molecule has 0 saturated carbocycles. The smallest absolute Gasteiger partial charge is 0.325 e. The Labute approximate surface area is 80.8 Å². The Morgan fingerprint density at radius 1 is 1.57 bits per heavy atom. The maximum atomic E-state index is 11.6. The van der Waals surface area contributed by atoms with Crippen LogP contribution in [0.25, 0.3) is 0 Å². The quantitative estimate of drug-likeness (QED) is 0.542. The second-order valence-corrected chi connectivity index (χ2v) is 3.47. The molecule has 78 valence electrons. The number of hydrogen-bond acceptors (Lipinski definition) is 4. The van der Waals surface area contributed by atoms with E-state index in [0.29, 0.717) is 13.0 Å². The van der Waals surface area contributed by atoms with Crippen molar-refractivity contribution in [1.82, 2.24) is 10.2 Å². The van der Waals surface area contributed by atoms with E-state index in [-0.39, 0.29) is 25.7 Å². The van der Waals surface area contributed by atoms with Crippen molar-refractivity contribution in [2.75, 3.05) is 26.4 Å². The third-order valence-electron chi connectivity index (χ3n) is 2.73. The molecule has 2 rings (SSSR count). The van der Waals surface area contributed by atoms with Gasteiger partial charge in [-0.05, 0) is 0 Å². The van der Waals surface area contributed by atoms with Gasteiger partial charge in [-0.25, -0.2) is 4.79 Å². The van der Waals surface area contributed by atoms with Crippen LogP contribution in [-0.4, -0.2) is 53.8 Å². The highest BCUT2D eigenvalue weighted by molar-refractivity contribution is 6.07. The lowest BCUT2D eigenvalue weighted by Crippen LogP contribution is -2.51. The zero-order valence-electron chi connectivity index (χ0n) is 7.65. The van der Waals surface area contributed by atoms with E-state index in [1.54, 1.807) is 0 Å². The fraction of sp³-hybridized carbons (Fsp3) is 0.750. The maximum absolute atomic E-state index is 11.6. The third-order valence-corrected chi connectivity index (χ3v) is 2.73. The zero-order chi connectivity index (χ0) is 10.2. The summed E-state index contributed by atoms with van der Waals surface area (Å²) >= 11 is 0. The molecule has 0 aliphatic carbocycles. The highest BCUT2D eigenvalue weighted by Crippen LogP contribution is 2.30. The molecule has 1 unspecified atom stereocenters. The second kappa shape index (κ2) is 3.21. The molecular weight excluding hydrogens is 188 g/mol. The Hall–Kier alpha value is -1.14. The lowest BCUT2D eigenvalue weighted by atomic mass is 9.97. The van der Waals surface area contributed by atoms with Crippen LogP contribution in [0.1, 0.15) is 6.42 Å². The lowest BCUT2D eigenvalue weighted by Gasteiger charge is -2.29. The molecule has 2 fully saturated rings. The third kappa shape index (κ3) is 1.11. The first-order valence-corrected chi connectivity index (χ1v) is 4.52.